The van der Waals surface area contributed by atoms with Crippen LogP contribution >= 0.6 is 0 Å². The van der Waals surface area contributed by atoms with Crippen molar-refractivity contribution in [3.63, 3.8) is 0 Å². The number of hydrogen-bond acceptors (Lipinski definition) is 3. The first kappa shape index (κ1) is 19.7. The number of methoxy groups -OCH3 is 1. The highest BCUT2D eigenvalue weighted by Crippen LogP contribution is 2.11. The van der Waals surface area contributed by atoms with E-state index >= 15 is 0 Å². The standard InChI is InChI=1S/C20H27NO3/c1-17(2)15-21(16-18-11-7-6-8-12-18)19(22)13-9-4-5-10-14-20(23)24-3/h6-8,10-12,14H,1,4-5,9,13,15-16H2,2-3H3/b14-10+. The lowest BCUT2D eigenvalue weighted by atomic mass is 10.1. The maximum Gasteiger partial charge on any atom is 0.330 e. The first-order valence-electron chi connectivity index (χ1n) is 8.23. The van der Waals surface area contributed by atoms with Crippen LogP contribution in [0.2, 0.25) is 0 Å². The zero-order valence-corrected chi connectivity index (χ0v) is 14.7. The zero-order valence-electron chi connectivity index (χ0n) is 14.7. The van der Waals surface area contributed by atoms with E-state index < -0.39 is 0 Å². The van der Waals surface area contributed by atoms with Gasteiger partial charge in [-0.3, -0.25) is 4.79 Å². The van der Waals surface area contributed by atoms with E-state index in [1.807, 2.05) is 42.2 Å². The van der Waals surface area contributed by atoms with Crippen molar-refractivity contribution in [3.8, 4) is 0 Å². The van der Waals surface area contributed by atoms with Crippen molar-refractivity contribution in [1.82, 2.24) is 4.90 Å². The Morgan fingerprint density at radius 1 is 1.21 bits per heavy atom. The number of ether oxygens (including phenoxy) is 1. The topological polar surface area (TPSA) is 46.6 Å². The molecule has 0 spiro atoms. The van der Waals surface area contributed by atoms with Gasteiger partial charge in [0.15, 0.2) is 0 Å². The van der Waals surface area contributed by atoms with E-state index in [1.165, 1.54) is 13.2 Å². The largest absolute Gasteiger partial charge is 0.466 e. The molecule has 0 aliphatic heterocycles. The molecule has 4 nitrogen and oxygen atoms in total. The summed E-state index contributed by atoms with van der Waals surface area (Å²) in [5, 5.41) is 0. The fourth-order valence-corrected chi connectivity index (χ4v) is 2.31. The van der Waals surface area contributed by atoms with Crippen molar-refractivity contribution >= 4 is 11.9 Å². The van der Waals surface area contributed by atoms with Crippen molar-refractivity contribution in [1.29, 1.82) is 0 Å². The molecule has 0 heterocycles. The van der Waals surface area contributed by atoms with Crippen molar-refractivity contribution in [2.24, 2.45) is 0 Å². The average Bonchev–Trinajstić information content (AvgIpc) is 2.57. The predicted octanol–water partition coefficient (Wildman–Crippen LogP) is 3.88. The number of amides is 1. The molecule has 1 aromatic carbocycles. The summed E-state index contributed by atoms with van der Waals surface area (Å²) in [5.74, 6) is -0.208. The minimum atomic E-state index is -0.346. The first-order valence-corrected chi connectivity index (χ1v) is 8.23. The minimum Gasteiger partial charge on any atom is -0.466 e. The fourth-order valence-electron chi connectivity index (χ4n) is 2.31. The Balaban J connectivity index is 2.43. The second-order valence-corrected chi connectivity index (χ2v) is 5.86. The molecule has 1 aromatic rings. The molecule has 0 saturated carbocycles. The van der Waals surface area contributed by atoms with Crippen LogP contribution in [0.1, 0.15) is 38.2 Å². The van der Waals surface area contributed by atoms with Crippen LogP contribution in [0.25, 0.3) is 0 Å². The third-order valence-electron chi connectivity index (χ3n) is 3.50. The van der Waals surface area contributed by atoms with Gasteiger partial charge in [-0.1, -0.05) is 48.6 Å². The number of carbonyl (C=O) groups is 2. The molecule has 0 aromatic heterocycles. The molecule has 130 valence electrons. The van der Waals surface area contributed by atoms with Gasteiger partial charge in [-0.15, -0.1) is 0 Å². The summed E-state index contributed by atoms with van der Waals surface area (Å²) in [7, 11) is 1.36. The summed E-state index contributed by atoms with van der Waals surface area (Å²) in [6.45, 7) is 7.04. The van der Waals surface area contributed by atoms with E-state index in [1.54, 1.807) is 6.08 Å². The number of benzene rings is 1. The highest BCUT2D eigenvalue weighted by Gasteiger charge is 2.13. The summed E-state index contributed by atoms with van der Waals surface area (Å²) in [6.07, 6.45) is 6.14. The second-order valence-electron chi connectivity index (χ2n) is 5.86. The molecule has 0 N–H and O–H groups in total. The van der Waals surface area contributed by atoms with Crippen molar-refractivity contribution in [2.75, 3.05) is 13.7 Å². The van der Waals surface area contributed by atoms with Gasteiger partial charge < -0.3 is 9.64 Å². The molecule has 4 heteroatoms. The van der Waals surface area contributed by atoms with Gasteiger partial charge in [0.05, 0.1) is 7.11 Å². The minimum absolute atomic E-state index is 0.138. The zero-order chi connectivity index (χ0) is 17.8. The molecule has 0 unspecified atom stereocenters. The smallest absolute Gasteiger partial charge is 0.330 e. The number of unbranched alkanes of at least 4 members (excludes halogenated alkanes) is 2. The summed E-state index contributed by atoms with van der Waals surface area (Å²) in [6, 6.07) is 9.97. The van der Waals surface area contributed by atoms with Crippen LogP contribution < -0.4 is 0 Å². The molecule has 0 aliphatic rings. The molecule has 24 heavy (non-hydrogen) atoms. The highest BCUT2D eigenvalue weighted by atomic mass is 16.5. The van der Waals surface area contributed by atoms with Crippen LogP contribution in [-0.4, -0.2) is 30.4 Å². The number of rotatable bonds is 10. The maximum atomic E-state index is 12.5. The molecule has 1 amide bonds. The van der Waals surface area contributed by atoms with E-state index in [9.17, 15) is 9.59 Å². The summed E-state index contributed by atoms with van der Waals surface area (Å²) in [5.41, 5.74) is 2.09. The lowest BCUT2D eigenvalue weighted by Gasteiger charge is -2.23. The van der Waals surface area contributed by atoms with E-state index in [4.69, 9.17) is 0 Å². The Morgan fingerprint density at radius 3 is 2.54 bits per heavy atom. The lowest BCUT2D eigenvalue weighted by Crippen LogP contribution is -2.31. The normalized spacial score (nSPS) is 10.6. The maximum absolute atomic E-state index is 12.5. The third-order valence-corrected chi connectivity index (χ3v) is 3.50. The monoisotopic (exact) mass is 329 g/mol. The highest BCUT2D eigenvalue weighted by molar-refractivity contribution is 5.81. The van der Waals surface area contributed by atoms with Gasteiger partial charge in [0.25, 0.3) is 0 Å². The van der Waals surface area contributed by atoms with Gasteiger partial charge in [0.1, 0.15) is 0 Å². The molecule has 0 radical (unpaired) electrons. The molecule has 1 rings (SSSR count). The SMILES string of the molecule is C=C(C)CN(Cc1ccccc1)C(=O)CCCC/C=C/C(=O)OC. The van der Waals surface area contributed by atoms with Gasteiger partial charge in [-0.2, -0.15) is 0 Å². The summed E-state index contributed by atoms with van der Waals surface area (Å²) in [4.78, 5) is 25.3. The van der Waals surface area contributed by atoms with Crippen LogP contribution in [0.3, 0.4) is 0 Å². The Morgan fingerprint density at radius 2 is 1.92 bits per heavy atom. The second kappa shape index (κ2) is 11.2. The van der Waals surface area contributed by atoms with Crippen LogP contribution in [0, 0.1) is 0 Å². The third kappa shape index (κ3) is 8.32. The van der Waals surface area contributed by atoms with E-state index in [0.29, 0.717) is 19.5 Å². The number of hydrogen-bond donors (Lipinski definition) is 0. The van der Waals surface area contributed by atoms with Crippen LogP contribution in [0.15, 0.2) is 54.6 Å². The van der Waals surface area contributed by atoms with Gasteiger partial charge in [-0.05, 0) is 31.7 Å². The summed E-state index contributed by atoms with van der Waals surface area (Å²) < 4.78 is 4.53. The lowest BCUT2D eigenvalue weighted by molar-refractivity contribution is -0.135. The molecular formula is C20H27NO3. The van der Waals surface area contributed by atoms with E-state index in [0.717, 1.165) is 30.4 Å². The van der Waals surface area contributed by atoms with Crippen LogP contribution in [0.4, 0.5) is 0 Å². The Kier molecular flexibility index (Phi) is 9.20. The van der Waals surface area contributed by atoms with Gasteiger partial charge >= 0.3 is 5.97 Å². The summed E-state index contributed by atoms with van der Waals surface area (Å²) >= 11 is 0. The molecule has 0 aliphatic carbocycles. The van der Waals surface area contributed by atoms with Gasteiger partial charge in [-0.25, -0.2) is 4.79 Å². The number of carbonyl (C=O) groups excluding carboxylic acids is 2. The van der Waals surface area contributed by atoms with Crippen molar-refractivity contribution in [2.45, 2.75) is 39.2 Å². The molecular weight excluding hydrogens is 302 g/mol. The molecule has 0 fully saturated rings. The predicted molar refractivity (Wildman–Crippen MR) is 96.3 cm³/mol. The van der Waals surface area contributed by atoms with Crippen molar-refractivity contribution < 1.29 is 14.3 Å². The van der Waals surface area contributed by atoms with Crippen molar-refractivity contribution in [3.05, 3.63) is 60.2 Å². The molecule has 0 bridgehead atoms. The van der Waals surface area contributed by atoms with Crippen LogP contribution in [-0.2, 0) is 20.9 Å². The number of nitrogens with zero attached hydrogens (tertiary/aromatic N) is 1. The Hall–Kier alpha value is -2.36. The molecule has 0 saturated heterocycles. The molecule has 0 atom stereocenters. The van der Waals surface area contributed by atoms with Crippen LogP contribution in [0.5, 0.6) is 0 Å². The van der Waals surface area contributed by atoms with Gasteiger partial charge in [0.2, 0.25) is 5.91 Å². The fraction of sp³-hybridized carbons (Fsp3) is 0.400. The Labute approximate surface area is 144 Å². The van der Waals surface area contributed by atoms with Gasteiger partial charge in [0, 0.05) is 25.6 Å². The Bertz CT molecular complexity index is 564. The number of esters is 1. The number of allylic oxidation sites excluding steroid dienone is 1. The van der Waals surface area contributed by atoms with E-state index in [-0.39, 0.29) is 11.9 Å². The first-order chi connectivity index (χ1) is 11.5. The average molecular weight is 329 g/mol. The quantitative estimate of drug-likeness (QED) is 0.283. The van der Waals surface area contributed by atoms with E-state index in [2.05, 4.69) is 11.3 Å².